The van der Waals surface area contributed by atoms with E-state index in [9.17, 15) is 42.2 Å². The first-order valence-electron chi connectivity index (χ1n) is 56.0. The Morgan fingerprint density at radius 3 is 1.13 bits per heavy atom. The topological polar surface area (TPSA) is 218 Å². The standard InChI is InChI=1S/C16H26N2.C15H30N2O2.C15H32N2O.C14H28F2N2O.2C14H28N2O2.C14H30N2O.C13H26F2N2/c1-13(2)18-10-9-14(3)16(12-18)17-11-15-7-5-4-6-8-15;1-11(2)17-9-8-12(3)13(10-17)16(7)14(18)19-15(4,5)6;1-13(2)17-9-7-15(5,8-10-17)12-16(6)11-14(3,4)18;1-12(2)18-7-5-13(3,6-8-18)9-17(4)10-14(15,16)11-19;1-10(2)16-8-7-11(3)12(9-16)15-13(17)18-14(4,5)6;1-12(2)16-8-6-14(3,7-9-16)11-18-10-13(17)15(4)5;1-12(2)16-8-6-14(5,7-9-16)11-15-10-13(3,4)17;1-11(2)17-7-5-13(3,6-8-17)10-16(4)9-12(14)15/h4-8,13-14,16-17H,9-12H2,1-3H3;11-13H,8-10H2,1-7H3;13,18H,7-12H2,1-6H3;12,19H,5-11H2,1-4H3;10-12H,7-9H2,1-6H3,(H,15,17);12H,6-11H2,1-5H3;12,15,17H,6-11H2,1-5H3;11-12H,5-10H2,1-4H3. The Morgan fingerprint density at radius 1 is 0.444 bits per heavy atom. The minimum absolute atomic E-state index is 0.0400. The predicted molar refractivity (Wildman–Crippen MR) is 595 cm³/mol. The van der Waals surface area contributed by atoms with Crippen molar-refractivity contribution in [3.63, 3.8) is 0 Å². The van der Waals surface area contributed by atoms with E-state index in [0.717, 1.165) is 155 Å². The quantitative estimate of drug-likeness (QED) is 0.0354. The molecule has 144 heavy (non-hydrogen) atoms. The second-order valence-electron chi connectivity index (χ2n) is 52.6. The van der Waals surface area contributed by atoms with Gasteiger partial charge in [0.15, 0.2) is 0 Å². The number of ether oxygens (including phenoxy) is 3. The molecule has 0 bridgehead atoms. The zero-order valence-electron chi connectivity index (χ0n) is 100. The average molecular weight is 2060 g/mol. The van der Waals surface area contributed by atoms with Gasteiger partial charge in [-0.05, 0) is 420 Å². The fourth-order valence-corrected chi connectivity index (χ4v) is 20.8. The van der Waals surface area contributed by atoms with E-state index in [-0.39, 0.29) is 66.1 Å². The molecule has 850 valence electrons. The van der Waals surface area contributed by atoms with Crippen molar-refractivity contribution in [3.8, 4) is 0 Å². The fraction of sp³-hybridized carbons (Fsp3) is 0.922. The predicted octanol–water partition coefficient (Wildman–Crippen LogP) is 18.9. The Bertz CT molecular complexity index is 3560. The zero-order valence-corrected chi connectivity index (χ0v) is 100. The molecule has 8 heterocycles. The van der Waals surface area contributed by atoms with Crippen LogP contribution in [0.5, 0.6) is 0 Å². The summed E-state index contributed by atoms with van der Waals surface area (Å²) in [5.41, 5.74) is 0.673. The third-order valence-electron chi connectivity index (χ3n) is 31.2. The lowest BCUT2D eigenvalue weighted by Crippen LogP contribution is -2.54. The Balaban J connectivity index is 0.000000556. The monoisotopic (exact) mass is 2050 g/mol. The number of alkyl halides is 4. The summed E-state index contributed by atoms with van der Waals surface area (Å²) in [7, 11) is 11.0. The molecule has 0 radical (unpaired) electrons. The Morgan fingerprint density at radius 2 is 0.785 bits per heavy atom. The summed E-state index contributed by atoms with van der Waals surface area (Å²) in [6, 6.07) is 16.6. The van der Waals surface area contributed by atoms with E-state index in [4.69, 9.17) is 19.3 Å². The molecular weight excluding hydrogens is 1830 g/mol. The van der Waals surface area contributed by atoms with Gasteiger partial charge in [-0.2, -0.15) is 0 Å². The molecule has 8 saturated heterocycles. The van der Waals surface area contributed by atoms with Crippen molar-refractivity contribution in [1.82, 2.24) is 79.6 Å². The van der Waals surface area contributed by atoms with Gasteiger partial charge >= 0.3 is 12.2 Å². The molecule has 0 saturated carbocycles. The number of hydrogen-bond donors (Lipinski definition) is 6. The number of piperidine rings is 8. The molecular formula is C115H228F4N16O9. The number of likely N-dealkylation sites (N-methyl/N-ethyl adjacent to an activating group) is 3. The number of nitrogens with zero attached hydrogens (tertiary/aromatic N) is 13. The van der Waals surface area contributed by atoms with Crippen LogP contribution in [0.2, 0.25) is 0 Å². The summed E-state index contributed by atoms with van der Waals surface area (Å²) in [6.45, 7) is 96.1. The molecule has 25 nitrogen and oxygen atoms in total. The van der Waals surface area contributed by atoms with Gasteiger partial charge in [0.25, 0.3) is 12.3 Å². The Hall–Kier alpha value is -3.73. The van der Waals surface area contributed by atoms with Crippen molar-refractivity contribution < 1.29 is 61.5 Å². The van der Waals surface area contributed by atoms with Crippen LogP contribution in [0.15, 0.2) is 30.3 Å². The first-order chi connectivity index (χ1) is 66.1. The Kier molecular flexibility index (Phi) is 60.4. The SMILES string of the molecule is CC(C)N1CCC(C)(CN(C)CC(C)(C)O)CC1.CC(C)N1CCC(C)(CN(C)CC(F)(F)CO)CC1.CC(C)N1CCC(C)(CN(C)CC(F)F)CC1.CC(C)N1CCC(C)(CNCC(C)(C)O)CC1.CC(C)N1CCC(C)(COCC(=O)N(C)C)CC1.CC1CCN(C(C)C)CC1N(C)C(=O)OC(C)(C)C.CC1CCN(C(C)C)CC1NC(=O)OC(C)(C)C.CC1CCN(C(C)C)CC1NCc1ccccc1. The van der Waals surface area contributed by atoms with E-state index >= 15 is 0 Å². The van der Waals surface area contributed by atoms with Gasteiger partial charge in [-0.1, -0.05) is 85.7 Å². The number of likely N-dealkylation sites (tertiary alicyclic amines) is 8. The molecule has 8 fully saturated rings. The third-order valence-corrected chi connectivity index (χ3v) is 31.2. The number of carbonyl (C=O) groups excluding carboxylic acids is 3. The van der Waals surface area contributed by atoms with E-state index in [1.165, 1.54) is 76.9 Å². The normalized spacial score (nSPS) is 23.0. The summed E-state index contributed by atoms with van der Waals surface area (Å²) in [5.74, 6) is -1.15. The number of aliphatic hydroxyl groups excluding tert-OH is 1. The minimum Gasteiger partial charge on any atom is -0.444 e. The second kappa shape index (κ2) is 63.8. The fourth-order valence-electron chi connectivity index (χ4n) is 20.8. The zero-order chi connectivity index (χ0) is 110. The third kappa shape index (κ3) is 57.3. The number of alkyl carbamates (subject to hydrolysis) is 1. The van der Waals surface area contributed by atoms with Gasteiger partial charge in [-0.15, -0.1) is 0 Å². The first-order valence-corrected chi connectivity index (χ1v) is 56.0. The molecule has 6 N–H and O–H groups in total. The van der Waals surface area contributed by atoms with Crippen molar-refractivity contribution in [2.24, 2.45) is 44.8 Å². The van der Waals surface area contributed by atoms with Crippen LogP contribution >= 0.6 is 0 Å². The van der Waals surface area contributed by atoms with Crippen LogP contribution in [0.1, 0.15) is 324 Å². The molecule has 6 atom stereocenters. The van der Waals surface area contributed by atoms with Crippen LogP contribution in [0.3, 0.4) is 0 Å². The van der Waals surface area contributed by atoms with Crippen molar-refractivity contribution >= 4 is 18.1 Å². The number of rotatable bonds is 34. The number of amides is 3. The highest BCUT2D eigenvalue weighted by Crippen LogP contribution is 2.38. The summed E-state index contributed by atoms with van der Waals surface area (Å²) in [4.78, 5) is 64.4. The summed E-state index contributed by atoms with van der Waals surface area (Å²) >= 11 is 0. The van der Waals surface area contributed by atoms with Crippen LogP contribution in [0, 0.1) is 44.8 Å². The highest BCUT2D eigenvalue weighted by molar-refractivity contribution is 5.76. The maximum atomic E-state index is 13.2. The maximum absolute atomic E-state index is 13.2. The van der Waals surface area contributed by atoms with E-state index in [0.29, 0.717) is 96.7 Å². The van der Waals surface area contributed by atoms with Gasteiger partial charge in [0, 0.05) is 147 Å². The van der Waals surface area contributed by atoms with Crippen LogP contribution in [-0.4, -0.2) is 418 Å². The van der Waals surface area contributed by atoms with Crippen molar-refractivity contribution in [1.29, 1.82) is 0 Å². The van der Waals surface area contributed by atoms with Gasteiger partial charge in [-0.3, -0.25) is 24.4 Å². The average Bonchev–Trinajstić information content (AvgIpc) is 0.839. The highest BCUT2D eigenvalue weighted by atomic mass is 19.3. The van der Waals surface area contributed by atoms with E-state index in [1.54, 1.807) is 47.8 Å². The van der Waals surface area contributed by atoms with Crippen LogP contribution < -0.4 is 16.0 Å². The lowest BCUT2D eigenvalue weighted by atomic mass is 9.79. The second-order valence-corrected chi connectivity index (χ2v) is 52.6. The highest BCUT2D eigenvalue weighted by Gasteiger charge is 2.42. The van der Waals surface area contributed by atoms with Crippen LogP contribution in [-0.2, 0) is 25.5 Å². The van der Waals surface area contributed by atoms with Crippen molar-refractivity contribution in [2.75, 3.05) is 219 Å². The molecule has 0 aliphatic carbocycles. The van der Waals surface area contributed by atoms with Gasteiger partial charge in [0.05, 0.1) is 36.9 Å². The molecule has 3 amide bonds. The number of halogens is 4. The molecule has 8 aliphatic heterocycles. The molecule has 6 unspecified atom stereocenters. The molecule has 1 aromatic carbocycles. The summed E-state index contributed by atoms with van der Waals surface area (Å²) < 4.78 is 67.2. The van der Waals surface area contributed by atoms with Crippen molar-refractivity contribution in [2.45, 2.75) is 427 Å². The molecule has 0 aromatic heterocycles. The molecule has 8 aliphatic rings. The number of carbonyl (C=O) groups is 3. The molecule has 29 heteroatoms. The van der Waals surface area contributed by atoms with Gasteiger partial charge in [0.2, 0.25) is 5.91 Å². The summed E-state index contributed by atoms with van der Waals surface area (Å²) in [5, 5.41) is 38.3. The number of aliphatic hydroxyl groups is 3. The summed E-state index contributed by atoms with van der Waals surface area (Å²) in [6.07, 6.45) is 12.5. The van der Waals surface area contributed by atoms with E-state index < -0.39 is 41.4 Å². The molecule has 9 rings (SSSR count). The smallest absolute Gasteiger partial charge is 0.410 e. The Labute approximate surface area is 881 Å². The van der Waals surface area contributed by atoms with Crippen LogP contribution in [0.4, 0.5) is 27.2 Å². The largest absolute Gasteiger partial charge is 0.444 e. The van der Waals surface area contributed by atoms with E-state index in [1.807, 2.05) is 76.3 Å². The van der Waals surface area contributed by atoms with E-state index in [2.05, 4.69) is 264 Å². The van der Waals surface area contributed by atoms with Gasteiger partial charge in [0.1, 0.15) is 24.4 Å². The first kappa shape index (κ1) is 136. The van der Waals surface area contributed by atoms with Crippen LogP contribution in [0.25, 0.3) is 0 Å². The molecule has 0 spiro atoms. The number of nitrogens with one attached hydrogen (secondary N) is 3. The lowest BCUT2D eigenvalue weighted by molar-refractivity contribution is -0.135. The number of benzene rings is 1. The van der Waals surface area contributed by atoms with Gasteiger partial charge in [-0.25, -0.2) is 27.2 Å². The van der Waals surface area contributed by atoms with Crippen molar-refractivity contribution in [3.05, 3.63) is 35.9 Å². The lowest BCUT2D eigenvalue weighted by Gasteiger charge is -2.43. The molecule has 1 aromatic rings. The minimum atomic E-state index is -3.00. The maximum Gasteiger partial charge on any atom is 0.410 e. The van der Waals surface area contributed by atoms with Gasteiger partial charge < -0.3 is 89.6 Å². The number of hydrogen-bond acceptors (Lipinski definition) is 22.